The third-order valence-corrected chi connectivity index (χ3v) is 3.14. The Morgan fingerprint density at radius 1 is 1.53 bits per heavy atom. The first-order chi connectivity index (χ1) is 8.16. The molecule has 17 heavy (non-hydrogen) atoms. The normalized spacial score (nSPS) is 19.9. The summed E-state index contributed by atoms with van der Waals surface area (Å²) in [7, 11) is 0. The molecule has 1 aromatic carbocycles. The molecule has 3 N–H and O–H groups in total. The van der Waals surface area contributed by atoms with Crippen LogP contribution in [0.25, 0.3) is 0 Å². The Bertz CT molecular complexity index is 412. The molecule has 0 aliphatic carbocycles. The van der Waals surface area contributed by atoms with E-state index in [2.05, 4.69) is 10.6 Å². The van der Waals surface area contributed by atoms with Crippen LogP contribution in [0.1, 0.15) is 18.4 Å². The zero-order valence-corrected chi connectivity index (χ0v) is 9.99. The largest absolute Gasteiger partial charge is 0.508 e. The topological polar surface area (TPSA) is 61.4 Å². The second-order valence-corrected chi connectivity index (χ2v) is 4.53. The first-order valence-corrected chi connectivity index (χ1v) is 5.98. The molecule has 2 rings (SSSR count). The van der Waals surface area contributed by atoms with Gasteiger partial charge in [0.1, 0.15) is 5.75 Å². The first kappa shape index (κ1) is 11.9. The lowest BCUT2D eigenvalue weighted by atomic mass is 9.98. The summed E-state index contributed by atoms with van der Waals surface area (Å²) in [5, 5.41) is 15.4. The van der Waals surface area contributed by atoms with Gasteiger partial charge in [-0.1, -0.05) is 0 Å². The zero-order chi connectivity index (χ0) is 12.3. The van der Waals surface area contributed by atoms with E-state index in [1.807, 2.05) is 6.92 Å². The van der Waals surface area contributed by atoms with Crippen LogP contribution in [0.5, 0.6) is 5.75 Å². The minimum atomic E-state index is 0.0527. The van der Waals surface area contributed by atoms with Crippen molar-refractivity contribution in [3.05, 3.63) is 23.8 Å². The van der Waals surface area contributed by atoms with E-state index in [1.165, 1.54) is 0 Å². The SMILES string of the molecule is Cc1cc(O)ccc1NC(=O)C1CCCNC1. The summed E-state index contributed by atoms with van der Waals surface area (Å²) >= 11 is 0. The van der Waals surface area contributed by atoms with E-state index in [1.54, 1.807) is 18.2 Å². The van der Waals surface area contributed by atoms with Crippen LogP contribution in [-0.2, 0) is 4.79 Å². The van der Waals surface area contributed by atoms with Crippen molar-refractivity contribution in [3.8, 4) is 5.75 Å². The van der Waals surface area contributed by atoms with Crippen LogP contribution in [0.2, 0.25) is 0 Å². The van der Waals surface area contributed by atoms with Gasteiger partial charge in [-0.15, -0.1) is 0 Å². The molecule has 0 radical (unpaired) electrons. The van der Waals surface area contributed by atoms with Crippen molar-refractivity contribution in [3.63, 3.8) is 0 Å². The number of aryl methyl sites for hydroxylation is 1. The third kappa shape index (κ3) is 2.97. The number of amides is 1. The summed E-state index contributed by atoms with van der Waals surface area (Å²) in [6.07, 6.45) is 1.99. The molecule has 4 heteroatoms. The Morgan fingerprint density at radius 2 is 2.35 bits per heavy atom. The number of nitrogens with one attached hydrogen (secondary N) is 2. The van der Waals surface area contributed by atoms with E-state index in [4.69, 9.17) is 0 Å². The molecule has 1 atom stereocenters. The van der Waals surface area contributed by atoms with Gasteiger partial charge < -0.3 is 15.7 Å². The van der Waals surface area contributed by atoms with Gasteiger partial charge in [-0.25, -0.2) is 0 Å². The van der Waals surface area contributed by atoms with Crippen LogP contribution in [0.3, 0.4) is 0 Å². The lowest BCUT2D eigenvalue weighted by molar-refractivity contribution is -0.120. The van der Waals surface area contributed by atoms with Gasteiger partial charge in [-0.2, -0.15) is 0 Å². The van der Waals surface area contributed by atoms with E-state index >= 15 is 0 Å². The number of rotatable bonds is 2. The highest BCUT2D eigenvalue weighted by atomic mass is 16.3. The average molecular weight is 234 g/mol. The fourth-order valence-corrected chi connectivity index (χ4v) is 2.10. The fourth-order valence-electron chi connectivity index (χ4n) is 2.10. The molecule has 1 aliphatic rings. The number of anilines is 1. The Hall–Kier alpha value is -1.55. The van der Waals surface area contributed by atoms with E-state index in [0.29, 0.717) is 0 Å². The highest BCUT2D eigenvalue weighted by Crippen LogP contribution is 2.21. The summed E-state index contributed by atoms with van der Waals surface area (Å²) in [4.78, 5) is 12.0. The summed E-state index contributed by atoms with van der Waals surface area (Å²) in [6, 6.07) is 4.97. The van der Waals surface area contributed by atoms with Gasteiger partial charge >= 0.3 is 0 Å². The number of phenols is 1. The number of benzene rings is 1. The standard InChI is InChI=1S/C13H18N2O2/c1-9-7-11(16)4-5-12(9)15-13(17)10-3-2-6-14-8-10/h4-5,7,10,14,16H,2-3,6,8H2,1H3,(H,15,17). The van der Waals surface area contributed by atoms with Crippen molar-refractivity contribution >= 4 is 11.6 Å². The van der Waals surface area contributed by atoms with Gasteiger partial charge in [0.25, 0.3) is 0 Å². The zero-order valence-electron chi connectivity index (χ0n) is 9.99. The van der Waals surface area contributed by atoms with E-state index in [-0.39, 0.29) is 17.6 Å². The van der Waals surface area contributed by atoms with Crippen molar-refractivity contribution in [2.24, 2.45) is 5.92 Å². The van der Waals surface area contributed by atoms with Gasteiger partial charge in [-0.05, 0) is 50.1 Å². The predicted octanol–water partition coefficient (Wildman–Crippen LogP) is 1.64. The Kier molecular flexibility index (Phi) is 3.64. The molecular formula is C13H18N2O2. The Balaban J connectivity index is 2.02. The quantitative estimate of drug-likeness (QED) is 0.682. The van der Waals surface area contributed by atoms with Crippen molar-refractivity contribution in [1.82, 2.24) is 5.32 Å². The Labute approximate surface area is 101 Å². The number of hydrogen-bond acceptors (Lipinski definition) is 3. The molecule has 1 unspecified atom stereocenters. The molecule has 1 heterocycles. The number of piperidine rings is 1. The molecule has 4 nitrogen and oxygen atoms in total. The van der Waals surface area contributed by atoms with Crippen LogP contribution >= 0.6 is 0 Å². The predicted molar refractivity (Wildman–Crippen MR) is 67.1 cm³/mol. The molecule has 0 saturated carbocycles. The lowest BCUT2D eigenvalue weighted by Crippen LogP contribution is -2.37. The maximum Gasteiger partial charge on any atom is 0.228 e. The molecule has 1 amide bonds. The highest BCUT2D eigenvalue weighted by Gasteiger charge is 2.21. The number of phenolic OH excluding ortho intramolecular Hbond substituents is 1. The average Bonchev–Trinajstić information content (AvgIpc) is 2.34. The molecule has 0 spiro atoms. The van der Waals surface area contributed by atoms with Crippen molar-refractivity contribution in [2.75, 3.05) is 18.4 Å². The molecule has 0 aromatic heterocycles. The fraction of sp³-hybridized carbons (Fsp3) is 0.462. The number of aromatic hydroxyl groups is 1. The van der Waals surface area contributed by atoms with E-state index < -0.39 is 0 Å². The van der Waals surface area contributed by atoms with Crippen LogP contribution < -0.4 is 10.6 Å². The van der Waals surface area contributed by atoms with Crippen molar-refractivity contribution in [2.45, 2.75) is 19.8 Å². The highest BCUT2D eigenvalue weighted by molar-refractivity contribution is 5.93. The molecule has 1 fully saturated rings. The maximum absolute atomic E-state index is 12.0. The monoisotopic (exact) mass is 234 g/mol. The molecular weight excluding hydrogens is 216 g/mol. The number of carbonyl (C=O) groups is 1. The van der Waals surface area contributed by atoms with E-state index in [0.717, 1.165) is 37.2 Å². The third-order valence-electron chi connectivity index (χ3n) is 3.14. The van der Waals surface area contributed by atoms with Crippen LogP contribution in [-0.4, -0.2) is 24.1 Å². The summed E-state index contributed by atoms with van der Waals surface area (Å²) < 4.78 is 0. The molecule has 0 bridgehead atoms. The minimum absolute atomic E-state index is 0.0527. The van der Waals surface area contributed by atoms with Gasteiger partial charge in [0.05, 0.1) is 5.92 Å². The summed E-state index contributed by atoms with van der Waals surface area (Å²) in [6.45, 7) is 3.62. The number of hydrogen-bond donors (Lipinski definition) is 3. The maximum atomic E-state index is 12.0. The van der Waals surface area contributed by atoms with Gasteiger partial charge in [0.15, 0.2) is 0 Å². The molecule has 1 aliphatic heterocycles. The van der Waals surface area contributed by atoms with Crippen LogP contribution in [0.15, 0.2) is 18.2 Å². The second kappa shape index (κ2) is 5.19. The minimum Gasteiger partial charge on any atom is -0.508 e. The molecule has 1 aromatic rings. The molecule has 1 saturated heterocycles. The Morgan fingerprint density at radius 3 is 3.00 bits per heavy atom. The molecule has 92 valence electrons. The van der Waals surface area contributed by atoms with Crippen molar-refractivity contribution in [1.29, 1.82) is 0 Å². The summed E-state index contributed by atoms with van der Waals surface area (Å²) in [5.74, 6) is 0.336. The smallest absolute Gasteiger partial charge is 0.228 e. The van der Waals surface area contributed by atoms with Crippen LogP contribution in [0.4, 0.5) is 5.69 Å². The second-order valence-electron chi connectivity index (χ2n) is 4.53. The summed E-state index contributed by atoms with van der Waals surface area (Å²) in [5.41, 5.74) is 1.65. The van der Waals surface area contributed by atoms with Crippen molar-refractivity contribution < 1.29 is 9.90 Å². The van der Waals surface area contributed by atoms with Gasteiger partial charge in [-0.3, -0.25) is 4.79 Å². The van der Waals surface area contributed by atoms with E-state index in [9.17, 15) is 9.90 Å². The van der Waals surface area contributed by atoms with Gasteiger partial charge in [0, 0.05) is 12.2 Å². The first-order valence-electron chi connectivity index (χ1n) is 5.98. The van der Waals surface area contributed by atoms with Gasteiger partial charge in [0.2, 0.25) is 5.91 Å². The lowest BCUT2D eigenvalue weighted by Gasteiger charge is -2.22. The number of carbonyl (C=O) groups excluding carboxylic acids is 1. The van der Waals surface area contributed by atoms with Crippen LogP contribution in [0, 0.1) is 12.8 Å².